The Hall–Kier alpha value is -1.22. The van der Waals surface area contributed by atoms with Crippen LogP contribution >= 0.6 is 0 Å². The van der Waals surface area contributed by atoms with Gasteiger partial charge in [-0.05, 0) is 50.3 Å². The lowest BCUT2D eigenvalue weighted by atomic mass is 9.74. The number of nitrogens with zero attached hydrogens (tertiary/aromatic N) is 1. The molecule has 4 bridgehead atoms. The second-order valence-corrected chi connectivity index (χ2v) is 6.39. The van der Waals surface area contributed by atoms with Crippen LogP contribution in [-0.2, 0) is 0 Å². The van der Waals surface area contributed by atoms with Crippen molar-refractivity contribution in [3.8, 4) is 5.75 Å². The molecule has 3 heteroatoms. The van der Waals surface area contributed by atoms with E-state index >= 15 is 0 Å². The van der Waals surface area contributed by atoms with Crippen LogP contribution in [0.15, 0.2) is 18.2 Å². The molecule has 0 saturated carbocycles. The number of benzene rings is 1. The zero-order valence-corrected chi connectivity index (χ0v) is 11.7. The molecular weight excluding hydrogens is 236 g/mol. The monoisotopic (exact) mass is 258 g/mol. The number of rotatable bonds is 2. The van der Waals surface area contributed by atoms with E-state index in [0.29, 0.717) is 12.1 Å². The quantitative estimate of drug-likeness (QED) is 0.882. The SMILES string of the molecule is COc1ccc(C)cc1N1C2CC3CC1CC(C2)N3. The fraction of sp³-hybridized carbons (Fsp3) is 0.625. The number of methoxy groups -OCH3 is 1. The molecule has 5 rings (SSSR count). The fourth-order valence-electron chi connectivity index (χ4n) is 4.45. The third-order valence-electron chi connectivity index (χ3n) is 5.10. The normalized spacial score (nSPS) is 35.8. The molecule has 4 fully saturated rings. The molecule has 4 aliphatic rings. The summed E-state index contributed by atoms with van der Waals surface area (Å²) in [4.78, 5) is 2.67. The molecule has 0 spiro atoms. The fourth-order valence-corrected chi connectivity index (χ4v) is 4.45. The maximum absolute atomic E-state index is 5.60. The zero-order chi connectivity index (χ0) is 13.0. The van der Waals surface area contributed by atoms with Crippen molar-refractivity contribution < 1.29 is 4.74 Å². The number of hydrogen-bond donors (Lipinski definition) is 1. The first-order valence-corrected chi connectivity index (χ1v) is 7.43. The highest BCUT2D eigenvalue weighted by Crippen LogP contribution is 2.44. The number of aryl methyl sites for hydroxylation is 1. The van der Waals surface area contributed by atoms with E-state index in [2.05, 4.69) is 35.3 Å². The minimum atomic E-state index is 0.708. The lowest BCUT2D eigenvalue weighted by Crippen LogP contribution is -2.67. The van der Waals surface area contributed by atoms with Gasteiger partial charge >= 0.3 is 0 Å². The van der Waals surface area contributed by atoms with Crippen LogP contribution in [0.5, 0.6) is 5.75 Å². The number of nitrogens with one attached hydrogen (secondary N) is 1. The first-order chi connectivity index (χ1) is 9.24. The molecule has 19 heavy (non-hydrogen) atoms. The molecule has 0 unspecified atom stereocenters. The van der Waals surface area contributed by atoms with Crippen LogP contribution < -0.4 is 15.0 Å². The van der Waals surface area contributed by atoms with Crippen molar-refractivity contribution in [3.05, 3.63) is 23.8 Å². The topological polar surface area (TPSA) is 24.5 Å². The number of anilines is 1. The molecule has 0 amide bonds. The Morgan fingerprint density at radius 1 is 1.11 bits per heavy atom. The molecule has 4 aliphatic heterocycles. The van der Waals surface area contributed by atoms with Gasteiger partial charge in [0.05, 0.1) is 12.8 Å². The molecule has 0 atom stereocenters. The van der Waals surface area contributed by atoms with Crippen LogP contribution in [0.2, 0.25) is 0 Å². The molecule has 0 aliphatic carbocycles. The summed E-state index contributed by atoms with van der Waals surface area (Å²) in [6.07, 6.45) is 5.18. The molecule has 1 aromatic rings. The van der Waals surface area contributed by atoms with E-state index in [1.165, 1.54) is 36.9 Å². The van der Waals surface area contributed by atoms with Gasteiger partial charge in [-0.3, -0.25) is 0 Å². The van der Waals surface area contributed by atoms with Crippen molar-refractivity contribution in [1.29, 1.82) is 0 Å². The van der Waals surface area contributed by atoms with Crippen LogP contribution in [0.4, 0.5) is 5.69 Å². The highest BCUT2D eigenvalue weighted by molar-refractivity contribution is 5.62. The summed E-state index contributed by atoms with van der Waals surface area (Å²) in [5.74, 6) is 1.03. The van der Waals surface area contributed by atoms with E-state index in [4.69, 9.17) is 4.74 Å². The van der Waals surface area contributed by atoms with Gasteiger partial charge in [0.1, 0.15) is 5.75 Å². The summed E-state index contributed by atoms with van der Waals surface area (Å²) in [7, 11) is 1.78. The molecule has 1 aromatic carbocycles. The highest BCUT2D eigenvalue weighted by Gasteiger charge is 2.47. The van der Waals surface area contributed by atoms with E-state index in [-0.39, 0.29) is 0 Å². The predicted molar refractivity (Wildman–Crippen MR) is 77.0 cm³/mol. The minimum absolute atomic E-state index is 0.708. The lowest BCUT2D eigenvalue weighted by Gasteiger charge is -2.58. The summed E-state index contributed by atoms with van der Waals surface area (Å²) in [6.45, 7) is 2.17. The largest absolute Gasteiger partial charge is 0.495 e. The summed E-state index contributed by atoms with van der Waals surface area (Å²) < 4.78 is 5.60. The van der Waals surface area contributed by atoms with Gasteiger partial charge in [-0.15, -0.1) is 0 Å². The van der Waals surface area contributed by atoms with Crippen molar-refractivity contribution in [1.82, 2.24) is 5.32 Å². The Kier molecular flexibility index (Phi) is 2.52. The van der Waals surface area contributed by atoms with Gasteiger partial charge in [0.15, 0.2) is 0 Å². The van der Waals surface area contributed by atoms with E-state index in [9.17, 15) is 0 Å². The molecule has 0 radical (unpaired) electrons. The number of hydrogen-bond acceptors (Lipinski definition) is 3. The lowest BCUT2D eigenvalue weighted by molar-refractivity contribution is 0.134. The third kappa shape index (κ3) is 1.75. The zero-order valence-electron chi connectivity index (χ0n) is 11.7. The summed E-state index contributed by atoms with van der Waals surface area (Å²) in [5.41, 5.74) is 2.64. The second kappa shape index (κ2) is 4.14. The van der Waals surface area contributed by atoms with Gasteiger partial charge in [-0.1, -0.05) is 6.07 Å². The van der Waals surface area contributed by atoms with Crippen molar-refractivity contribution in [3.63, 3.8) is 0 Å². The molecule has 0 aromatic heterocycles. The number of ether oxygens (including phenoxy) is 1. The van der Waals surface area contributed by atoms with E-state index in [1.54, 1.807) is 7.11 Å². The van der Waals surface area contributed by atoms with Gasteiger partial charge in [0.25, 0.3) is 0 Å². The van der Waals surface area contributed by atoms with Crippen molar-refractivity contribution in [2.24, 2.45) is 0 Å². The van der Waals surface area contributed by atoms with Crippen molar-refractivity contribution in [2.45, 2.75) is 56.8 Å². The average Bonchev–Trinajstić information content (AvgIpc) is 2.37. The third-order valence-corrected chi connectivity index (χ3v) is 5.10. The van der Waals surface area contributed by atoms with E-state index in [1.807, 2.05) is 0 Å². The smallest absolute Gasteiger partial charge is 0.142 e. The Labute approximate surface area is 114 Å². The molecule has 4 heterocycles. The molecular formula is C16H22N2O. The Morgan fingerprint density at radius 2 is 1.74 bits per heavy atom. The Balaban J connectivity index is 1.74. The van der Waals surface area contributed by atoms with Gasteiger partial charge in [0.2, 0.25) is 0 Å². The van der Waals surface area contributed by atoms with E-state index < -0.39 is 0 Å². The van der Waals surface area contributed by atoms with Gasteiger partial charge < -0.3 is 15.0 Å². The standard InChI is InChI=1S/C16H22N2O/c1-10-3-4-16(19-2)15(5-10)18-13-6-11-7-14(18)9-12(8-13)17-11/h3-5,11-14,17H,6-9H2,1-2H3. The summed E-state index contributed by atoms with van der Waals surface area (Å²) >= 11 is 0. The van der Waals surface area contributed by atoms with Gasteiger partial charge in [-0.25, -0.2) is 0 Å². The van der Waals surface area contributed by atoms with Crippen LogP contribution in [-0.4, -0.2) is 31.3 Å². The molecule has 102 valence electrons. The van der Waals surface area contributed by atoms with E-state index in [0.717, 1.165) is 17.8 Å². The van der Waals surface area contributed by atoms with Crippen molar-refractivity contribution >= 4 is 5.69 Å². The molecule has 4 saturated heterocycles. The summed E-state index contributed by atoms with van der Waals surface area (Å²) in [5, 5.41) is 3.77. The van der Waals surface area contributed by atoms with Crippen LogP contribution in [0, 0.1) is 6.92 Å². The van der Waals surface area contributed by atoms with Gasteiger partial charge in [-0.2, -0.15) is 0 Å². The predicted octanol–water partition coefficient (Wildman–Crippen LogP) is 2.48. The Morgan fingerprint density at radius 3 is 2.32 bits per heavy atom. The van der Waals surface area contributed by atoms with Crippen LogP contribution in [0.1, 0.15) is 31.2 Å². The van der Waals surface area contributed by atoms with Gasteiger partial charge in [0, 0.05) is 24.2 Å². The highest BCUT2D eigenvalue weighted by atomic mass is 16.5. The first kappa shape index (κ1) is 11.6. The molecule has 3 nitrogen and oxygen atoms in total. The number of piperidine rings is 4. The molecule has 1 N–H and O–H groups in total. The second-order valence-electron chi connectivity index (χ2n) is 6.39. The van der Waals surface area contributed by atoms with Crippen molar-refractivity contribution in [2.75, 3.05) is 12.0 Å². The van der Waals surface area contributed by atoms with Crippen LogP contribution in [0.25, 0.3) is 0 Å². The minimum Gasteiger partial charge on any atom is -0.495 e. The Bertz CT molecular complexity index is 472. The maximum Gasteiger partial charge on any atom is 0.142 e. The average molecular weight is 258 g/mol. The first-order valence-electron chi connectivity index (χ1n) is 7.43. The van der Waals surface area contributed by atoms with Crippen LogP contribution in [0.3, 0.4) is 0 Å². The maximum atomic E-state index is 5.60. The summed E-state index contributed by atoms with van der Waals surface area (Å²) in [6, 6.07) is 9.49.